The molecule has 4 heteroatoms. The summed E-state index contributed by atoms with van der Waals surface area (Å²) in [6.07, 6.45) is 5.12. The molecule has 2 rings (SSSR count). The number of halogens is 1. The minimum absolute atomic E-state index is 0.372. The van der Waals surface area contributed by atoms with Crippen LogP contribution in [0, 0.1) is 0 Å². The molecule has 2 nitrogen and oxygen atoms in total. The van der Waals surface area contributed by atoms with Crippen molar-refractivity contribution in [2.45, 2.75) is 37.8 Å². The first-order valence-electron chi connectivity index (χ1n) is 5.83. The zero-order valence-corrected chi connectivity index (χ0v) is 11.1. The molecule has 1 fully saturated rings. The van der Waals surface area contributed by atoms with Gasteiger partial charge in [-0.3, -0.25) is 0 Å². The summed E-state index contributed by atoms with van der Waals surface area (Å²) in [5, 5.41) is 6.28. The first-order chi connectivity index (χ1) is 7.81. The molecule has 1 aromatic rings. The molecule has 2 heterocycles. The highest BCUT2D eigenvalue weighted by Gasteiger charge is 2.19. The van der Waals surface area contributed by atoms with E-state index in [-0.39, 0.29) is 0 Å². The third-order valence-corrected chi connectivity index (χ3v) is 4.58. The van der Waals surface area contributed by atoms with E-state index in [0.29, 0.717) is 12.1 Å². The summed E-state index contributed by atoms with van der Waals surface area (Å²) in [4.78, 5) is 1.25. The van der Waals surface area contributed by atoms with Crippen LogP contribution < -0.4 is 5.32 Å². The molecular weight excluding hydrogens is 242 g/mol. The van der Waals surface area contributed by atoms with Gasteiger partial charge in [0, 0.05) is 17.5 Å². The lowest BCUT2D eigenvalue weighted by Gasteiger charge is -2.17. The van der Waals surface area contributed by atoms with Crippen molar-refractivity contribution in [3.63, 3.8) is 0 Å². The lowest BCUT2D eigenvalue weighted by molar-refractivity contribution is 0.0999. The van der Waals surface area contributed by atoms with Crippen molar-refractivity contribution in [3.8, 4) is 0 Å². The van der Waals surface area contributed by atoms with Crippen molar-refractivity contribution in [2.75, 3.05) is 13.7 Å². The van der Waals surface area contributed by atoms with Crippen LogP contribution in [0.15, 0.2) is 11.4 Å². The quantitative estimate of drug-likeness (QED) is 0.872. The fraction of sp³-hybridized carbons (Fsp3) is 0.667. The Balaban J connectivity index is 1.88. The second kappa shape index (κ2) is 6.01. The summed E-state index contributed by atoms with van der Waals surface area (Å²) >= 11 is 7.88. The molecule has 16 heavy (non-hydrogen) atoms. The standard InChI is InChI=1S/C12H18ClNOS/c1-14-11(12-10(13)6-8-16-12)5-4-9-3-2-7-15-9/h6,8-9,11,14H,2-5,7H2,1H3. The molecule has 1 saturated heterocycles. The van der Waals surface area contributed by atoms with E-state index in [1.165, 1.54) is 17.7 Å². The molecule has 0 aromatic carbocycles. The third-order valence-electron chi connectivity index (χ3n) is 3.11. The topological polar surface area (TPSA) is 21.3 Å². The van der Waals surface area contributed by atoms with E-state index in [1.54, 1.807) is 11.3 Å². The summed E-state index contributed by atoms with van der Waals surface area (Å²) in [7, 11) is 2.00. The Morgan fingerprint density at radius 1 is 1.69 bits per heavy atom. The van der Waals surface area contributed by atoms with Crippen molar-refractivity contribution in [2.24, 2.45) is 0 Å². The van der Waals surface area contributed by atoms with Crippen LogP contribution in [0.2, 0.25) is 5.02 Å². The van der Waals surface area contributed by atoms with E-state index in [4.69, 9.17) is 16.3 Å². The normalized spacial score (nSPS) is 22.5. The maximum absolute atomic E-state index is 6.15. The van der Waals surface area contributed by atoms with Gasteiger partial charge >= 0.3 is 0 Å². The van der Waals surface area contributed by atoms with Crippen LogP contribution in [0.3, 0.4) is 0 Å². The fourth-order valence-corrected chi connectivity index (χ4v) is 3.52. The van der Waals surface area contributed by atoms with Crippen LogP contribution in [-0.2, 0) is 4.74 Å². The molecule has 0 bridgehead atoms. The Labute approximate surface area is 106 Å². The van der Waals surface area contributed by atoms with E-state index in [2.05, 4.69) is 5.32 Å². The maximum Gasteiger partial charge on any atom is 0.0576 e. The summed E-state index contributed by atoms with van der Waals surface area (Å²) in [5.41, 5.74) is 0. The molecule has 2 atom stereocenters. The Hall–Kier alpha value is -0.0900. The second-order valence-electron chi connectivity index (χ2n) is 4.19. The largest absolute Gasteiger partial charge is 0.378 e. The van der Waals surface area contributed by atoms with Crippen molar-refractivity contribution >= 4 is 22.9 Å². The van der Waals surface area contributed by atoms with E-state index >= 15 is 0 Å². The molecule has 1 N–H and O–H groups in total. The summed E-state index contributed by atoms with van der Waals surface area (Å²) in [6, 6.07) is 2.34. The van der Waals surface area contributed by atoms with Gasteiger partial charge in [0.05, 0.1) is 11.1 Å². The van der Waals surface area contributed by atoms with Crippen molar-refractivity contribution in [1.82, 2.24) is 5.32 Å². The Morgan fingerprint density at radius 3 is 3.12 bits per heavy atom. The molecule has 90 valence electrons. The highest BCUT2D eigenvalue weighted by atomic mass is 35.5. The van der Waals surface area contributed by atoms with Gasteiger partial charge < -0.3 is 10.1 Å². The van der Waals surface area contributed by atoms with Crippen LogP contribution >= 0.6 is 22.9 Å². The molecule has 1 aromatic heterocycles. The van der Waals surface area contributed by atoms with Crippen LogP contribution in [0.4, 0.5) is 0 Å². The number of thiophene rings is 1. The van der Waals surface area contributed by atoms with Crippen molar-refractivity contribution < 1.29 is 4.74 Å². The first kappa shape index (κ1) is 12.4. The summed E-state index contributed by atoms with van der Waals surface area (Å²) in [5.74, 6) is 0. The lowest BCUT2D eigenvalue weighted by atomic mass is 10.0. The number of nitrogens with one attached hydrogen (secondary N) is 1. The highest BCUT2D eigenvalue weighted by molar-refractivity contribution is 7.10. The predicted octanol–water partition coefficient (Wildman–Crippen LogP) is 3.62. The molecule has 0 aliphatic carbocycles. The van der Waals surface area contributed by atoms with Gasteiger partial charge in [0.25, 0.3) is 0 Å². The molecule has 2 unspecified atom stereocenters. The average Bonchev–Trinajstić information content (AvgIpc) is 2.92. The van der Waals surface area contributed by atoms with Gasteiger partial charge in [-0.05, 0) is 44.2 Å². The van der Waals surface area contributed by atoms with Crippen LogP contribution in [0.25, 0.3) is 0 Å². The first-order valence-corrected chi connectivity index (χ1v) is 7.08. The lowest BCUT2D eigenvalue weighted by Crippen LogP contribution is -2.18. The number of ether oxygens (including phenoxy) is 1. The smallest absolute Gasteiger partial charge is 0.0576 e. The van der Waals surface area contributed by atoms with Crippen LogP contribution in [0.5, 0.6) is 0 Å². The van der Waals surface area contributed by atoms with Gasteiger partial charge in [-0.15, -0.1) is 11.3 Å². The van der Waals surface area contributed by atoms with Gasteiger partial charge in [-0.25, -0.2) is 0 Å². The molecule has 1 aliphatic rings. The molecular formula is C12H18ClNOS. The monoisotopic (exact) mass is 259 g/mol. The van der Waals surface area contributed by atoms with E-state index in [0.717, 1.165) is 24.5 Å². The Kier molecular flexibility index (Phi) is 4.65. The van der Waals surface area contributed by atoms with Crippen LogP contribution in [0.1, 0.15) is 36.6 Å². The zero-order valence-electron chi connectivity index (χ0n) is 9.54. The molecule has 1 aliphatic heterocycles. The van der Waals surface area contributed by atoms with Crippen LogP contribution in [-0.4, -0.2) is 19.8 Å². The summed E-state index contributed by atoms with van der Waals surface area (Å²) in [6.45, 7) is 0.939. The van der Waals surface area contributed by atoms with Gasteiger partial charge in [-0.2, -0.15) is 0 Å². The molecule has 0 spiro atoms. The number of hydrogen-bond donors (Lipinski definition) is 1. The number of rotatable bonds is 5. The highest BCUT2D eigenvalue weighted by Crippen LogP contribution is 2.32. The minimum atomic E-state index is 0.372. The average molecular weight is 260 g/mol. The van der Waals surface area contributed by atoms with Gasteiger partial charge in [0.2, 0.25) is 0 Å². The van der Waals surface area contributed by atoms with Gasteiger partial charge in [0.15, 0.2) is 0 Å². The second-order valence-corrected chi connectivity index (χ2v) is 5.54. The van der Waals surface area contributed by atoms with E-state index in [1.807, 2.05) is 18.5 Å². The van der Waals surface area contributed by atoms with Gasteiger partial charge in [-0.1, -0.05) is 11.6 Å². The third kappa shape index (κ3) is 2.98. The number of hydrogen-bond acceptors (Lipinski definition) is 3. The summed E-state index contributed by atoms with van der Waals surface area (Å²) < 4.78 is 5.64. The minimum Gasteiger partial charge on any atom is -0.378 e. The van der Waals surface area contributed by atoms with Gasteiger partial charge in [0.1, 0.15) is 0 Å². The van der Waals surface area contributed by atoms with E-state index in [9.17, 15) is 0 Å². The SMILES string of the molecule is CNC(CCC1CCCO1)c1sccc1Cl. The Bertz CT molecular complexity index is 323. The molecule has 0 radical (unpaired) electrons. The Morgan fingerprint density at radius 2 is 2.56 bits per heavy atom. The molecule has 0 amide bonds. The molecule has 0 saturated carbocycles. The predicted molar refractivity (Wildman–Crippen MR) is 69.3 cm³/mol. The van der Waals surface area contributed by atoms with Crippen molar-refractivity contribution in [3.05, 3.63) is 21.3 Å². The fourth-order valence-electron chi connectivity index (χ4n) is 2.19. The van der Waals surface area contributed by atoms with E-state index < -0.39 is 0 Å². The zero-order chi connectivity index (χ0) is 11.4. The maximum atomic E-state index is 6.15. The van der Waals surface area contributed by atoms with Crippen molar-refractivity contribution in [1.29, 1.82) is 0 Å².